The van der Waals surface area contributed by atoms with Crippen LogP contribution in [-0.2, 0) is 68.8 Å². The Morgan fingerprint density at radius 2 is 0.602 bits per heavy atom. The summed E-state index contributed by atoms with van der Waals surface area (Å²) >= 11 is 0. The second-order valence-corrected chi connectivity index (χ2v) is 34.2. The molecule has 0 aromatic heterocycles. The molecule has 722 valence electrons. The number of rotatable bonds is 57. The van der Waals surface area contributed by atoms with E-state index in [4.69, 9.17) is 5.11 Å². The van der Waals surface area contributed by atoms with Gasteiger partial charge in [0.25, 0.3) is 0 Å². The van der Waals surface area contributed by atoms with Gasteiger partial charge in [0, 0.05) is 0 Å². The number of nitrogens with one attached hydrogen (secondary N) is 9. The summed E-state index contributed by atoms with van der Waals surface area (Å²) in [6.45, 7) is 50.8. The van der Waals surface area contributed by atoms with Gasteiger partial charge in [-0.1, -0.05) is 171 Å². The SMILES string of the molecule is C=CCCCC(CCCC=C)(NC)C(C)=O.C=CCCCCCC[C@@](C)(NC)C(C)=O.C=CCCCCCC[C@](C)(NC)C(C)=O.C=CCCC[C@@](C)(NC)C(C)=O.C=CCCC[C@](C)(NC)C(C)=O.CN[C@@H](Cc1ccc(C(=O)O)cc1)C(C)=O.CN[C@@H](Cc1ccc(C)cc1)C(C)=O.CN[C@@H](Cc1cccc(C)c1)C(C)=O.CN[C@@H](Cc1ccccc1C)C(C)=O. The number of Topliss-reactive ketones (excluding diaryl/α,β-unsaturated/α-hetero) is 9. The smallest absolute Gasteiger partial charge is 0.335 e. The van der Waals surface area contributed by atoms with E-state index in [1.54, 1.807) is 86.7 Å². The van der Waals surface area contributed by atoms with E-state index in [-0.39, 0.29) is 109 Å². The molecule has 8 atom stereocenters. The van der Waals surface area contributed by atoms with Gasteiger partial charge < -0.3 is 53.0 Å². The highest BCUT2D eigenvalue weighted by atomic mass is 16.4. The normalized spacial score (nSPS) is 13.3. The van der Waals surface area contributed by atoms with Gasteiger partial charge in [0.05, 0.1) is 57.4 Å². The summed E-state index contributed by atoms with van der Waals surface area (Å²) in [5.41, 5.74) is 6.90. The standard InChI is InChI=1S/C14H25NO.2C13H25NO.C12H15NO3.3C12H17NO.2C10H19NO/c1-5-7-9-11-14(15-4,13(3)16)12-10-8-6-2;2*1-5-6-7-8-9-10-11-13(3,14-4)12(2)15;1-8(14)11(13-2)7-9-3-5-10(6-4-9)12(15)16;1-9-4-6-11(7-5-9)8-12(13-3)10(2)14;1-9-5-4-6-11(7-9)8-12(13-3)10(2)14;1-9-6-4-5-7-11(9)8-12(13-3)10(2)14;2*1-5-6-7-8-10(3,11-4)9(2)12/h5-6,15H,1-2,7-12H2,3-4H3;2*5,14H,1,6-11H2,2-4H3;3-6,11,13H,7H2,1-2H3,(H,15,16);3*4-7,12-13H,8H2,1-3H3;2*5,11H,1,6-8H2,2-4H3/t;2*13-;11-;3*12-;2*10-/m.10000010/s1. The zero-order valence-corrected chi connectivity index (χ0v) is 84.6. The fourth-order valence-corrected chi connectivity index (χ4v) is 13.3. The van der Waals surface area contributed by atoms with Crippen LogP contribution in [0.5, 0.6) is 0 Å². The first-order valence-corrected chi connectivity index (χ1v) is 46.2. The summed E-state index contributed by atoms with van der Waals surface area (Å²) in [6.07, 6.45) is 39.6. The highest BCUT2D eigenvalue weighted by Crippen LogP contribution is 2.24. The van der Waals surface area contributed by atoms with Gasteiger partial charge >= 0.3 is 5.97 Å². The largest absolute Gasteiger partial charge is 0.478 e. The molecule has 0 aliphatic heterocycles. The first-order valence-electron chi connectivity index (χ1n) is 46.2. The Morgan fingerprint density at radius 3 is 0.875 bits per heavy atom. The van der Waals surface area contributed by atoms with Gasteiger partial charge in [-0.25, -0.2) is 4.79 Å². The predicted molar refractivity (Wildman–Crippen MR) is 543 cm³/mol. The second-order valence-electron chi connectivity index (χ2n) is 34.2. The number of hydrogen-bond acceptors (Lipinski definition) is 19. The molecule has 0 bridgehead atoms. The number of carbonyl (C=O) groups is 10. The summed E-state index contributed by atoms with van der Waals surface area (Å²) in [5.74, 6) is 0.810. The van der Waals surface area contributed by atoms with Crippen molar-refractivity contribution in [2.75, 3.05) is 63.4 Å². The van der Waals surface area contributed by atoms with E-state index < -0.39 is 5.97 Å². The van der Waals surface area contributed by atoms with Crippen LogP contribution in [0.25, 0.3) is 0 Å². The van der Waals surface area contributed by atoms with E-state index in [1.807, 2.05) is 139 Å². The molecule has 0 aliphatic carbocycles. The van der Waals surface area contributed by atoms with Crippen LogP contribution in [0.2, 0.25) is 0 Å². The Morgan fingerprint density at radius 1 is 0.312 bits per heavy atom. The van der Waals surface area contributed by atoms with Crippen molar-refractivity contribution in [1.29, 1.82) is 0 Å². The van der Waals surface area contributed by atoms with Crippen molar-refractivity contribution in [3.05, 3.63) is 217 Å². The fraction of sp³-hybridized carbons (Fsp3) is 0.574. The van der Waals surface area contributed by atoms with E-state index in [0.29, 0.717) is 6.42 Å². The van der Waals surface area contributed by atoms with Gasteiger partial charge in [-0.3, -0.25) is 43.2 Å². The minimum absolute atomic E-state index is 0.0577. The maximum atomic E-state index is 11.8. The third-order valence-corrected chi connectivity index (χ3v) is 24.1. The Labute approximate surface area is 778 Å². The van der Waals surface area contributed by atoms with Crippen molar-refractivity contribution in [3.8, 4) is 0 Å². The Balaban J connectivity index is -0.000000444. The predicted octanol–water partition coefficient (Wildman–Crippen LogP) is 19.5. The topological polar surface area (TPSA) is 299 Å². The number of carboxylic acids is 1. The van der Waals surface area contributed by atoms with Crippen molar-refractivity contribution in [3.63, 3.8) is 0 Å². The molecule has 0 fully saturated rings. The number of likely N-dealkylation sites (N-methyl/N-ethyl adjacent to an activating group) is 9. The molecule has 0 amide bonds. The van der Waals surface area contributed by atoms with E-state index in [9.17, 15) is 47.9 Å². The van der Waals surface area contributed by atoms with Gasteiger partial charge in [0.1, 0.15) is 52.0 Å². The zero-order chi connectivity index (χ0) is 98.9. The van der Waals surface area contributed by atoms with Crippen LogP contribution in [-0.4, -0.2) is 178 Å². The summed E-state index contributed by atoms with van der Waals surface area (Å²) in [5, 5.41) is 36.3. The molecule has 0 saturated heterocycles. The van der Waals surface area contributed by atoms with E-state index in [1.165, 1.54) is 78.8 Å². The molecule has 0 unspecified atom stereocenters. The number of benzene rings is 4. The number of carbonyl (C=O) groups excluding carboxylic acids is 9. The maximum absolute atomic E-state index is 11.8. The first kappa shape index (κ1) is 128. The number of carboxylic acid groups (broad SMARTS) is 1. The average Bonchev–Trinajstić information content (AvgIpc) is 0.847. The van der Waals surface area contributed by atoms with Gasteiger partial charge in [-0.15, -0.1) is 39.5 Å². The Bertz CT molecular complexity index is 3720. The lowest BCUT2D eigenvalue weighted by Gasteiger charge is -2.31. The van der Waals surface area contributed by atoms with Crippen LogP contribution >= 0.6 is 0 Å². The molecule has 0 heterocycles. The van der Waals surface area contributed by atoms with E-state index in [2.05, 4.69) is 163 Å². The van der Waals surface area contributed by atoms with Crippen molar-refractivity contribution in [2.45, 2.75) is 342 Å². The molecule has 0 aliphatic rings. The van der Waals surface area contributed by atoms with Crippen molar-refractivity contribution in [1.82, 2.24) is 47.9 Å². The lowest BCUT2D eigenvalue weighted by Crippen LogP contribution is -2.49. The molecule has 10 N–H and O–H groups in total. The van der Waals surface area contributed by atoms with Crippen LogP contribution < -0.4 is 47.9 Å². The molecule has 0 saturated carbocycles. The quantitative estimate of drug-likeness (QED) is 0.0145. The van der Waals surface area contributed by atoms with E-state index >= 15 is 0 Å². The molecule has 4 aromatic carbocycles. The zero-order valence-electron chi connectivity index (χ0n) is 84.6. The highest BCUT2D eigenvalue weighted by molar-refractivity contribution is 5.89. The summed E-state index contributed by atoms with van der Waals surface area (Å²) in [7, 11) is 16.5. The first-order chi connectivity index (χ1) is 60.3. The minimum atomic E-state index is -0.941. The number of aromatic carboxylic acids is 1. The number of ketones is 9. The Kier molecular flexibility index (Phi) is 76.2. The van der Waals surface area contributed by atoms with Gasteiger partial charge in [0.15, 0.2) is 0 Å². The number of unbranched alkanes of at least 4 members (excludes halogenated alkanes) is 12. The molecule has 4 rings (SSSR count). The summed E-state index contributed by atoms with van der Waals surface area (Å²) in [6, 6.07) is 30.9. The van der Waals surface area contributed by atoms with Crippen molar-refractivity contribution in [2.24, 2.45) is 0 Å². The van der Waals surface area contributed by atoms with Gasteiger partial charge in [0.2, 0.25) is 0 Å². The molecule has 20 nitrogen and oxygen atoms in total. The maximum Gasteiger partial charge on any atom is 0.335 e. The van der Waals surface area contributed by atoms with Crippen LogP contribution in [0, 0.1) is 20.8 Å². The molecule has 4 aromatic rings. The van der Waals surface area contributed by atoms with Crippen molar-refractivity contribution < 1.29 is 53.1 Å². The molecular weight excluding hydrogens is 1600 g/mol. The van der Waals surface area contributed by atoms with E-state index in [0.717, 1.165) is 140 Å². The average molecular weight is 1780 g/mol. The van der Waals surface area contributed by atoms with Crippen LogP contribution in [0.4, 0.5) is 0 Å². The monoisotopic (exact) mass is 1780 g/mol. The van der Waals surface area contributed by atoms with Crippen molar-refractivity contribution >= 4 is 58.0 Å². The molecule has 128 heavy (non-hydrogen) atoms. The fourth-order valence-electron chi connectivity index (χ4n) is 13.3. The highest BCUT2D eigenvalue weighted by Gasteiger charge is 2.33. The molecule has 20 heteroatoms. The third kappa shape index (κ3) is 59.6. The minimum Gasteiger partial charge on any atom is -0.478 e. The van der Waals surface area contributed by atoms with Crippen LogP contribution in [0.15, 0.2) is 173 Å². The summed E-state index contributed by atoms with van der Waals surface area (Å²) in [4.78, 5) is 112. The van der Waals surface area contributed by atoms with Gasteiger partial charge in [-0.05, 0) is 355 Å². The van der Waals surface area contributed by atoms with Crippen LogP contribution in [0.1, 0.15) is 293 Å². The molecular formula is C108H179N9O11. The number of hydrogen-bond donors (Lipinski definition) is 10. The third-order valence-electron chi connectivity index (χ3n) is 24.1. The lowest BCUT2D eigenvalue weighted by atomic mass is 9.84. The summed E-state index contributed by atoms with van der Waals surface area (Å²) < 4.78 is 0. The second kappa shape index (κ2) is 76.2. The molecule has 0 radical (unpaired) electrons. The van der Waals surface area contributed by atoms with Crippen LogP contribution in [0.3, 0.4) is 0 Å². The lowest BCUT2D eigenvalue weighted by molar-refractivity contribution is -0.124. The number of aryl methyl sites for hydroxylation is 3. The van der Waals surface area contributed by atoms with Gasteiger partial charge in [-0.2, -0.15) is 0 Å². The number of allylic oxidation sites excluding steroid dienone is 6. The molecule has 0 spiro atoms. The Hall–Kier alpha value is -8.54.